The number of rotatable bonds is 10. The van der Waals surface area contributed by atoms with Gasteiger partial charge in [0, 0.05) is 100 Å². The molecule has 0 unspecified atom stereocenters. The minimum Gasteiger partial charge on any atom is -0.461 e. The molecule has 0 radical (unpaired) electrons. The highest BCUT2D eigenvalue weighted by Gasteiger charge is 2.38. The van der Waals surface area contributed by atoms with E-state index in [2.05, 4.69) is 59.9 Å². The van der Waals surface area contributed by atoms with E-state index in [1.165, 1.54) is 27.3 Å². The van der Waals surface area contributed by atoms with E-state index in [9.17, 15) is 29.4 Å². The molecule has 2 saturated heterocycles. The predicted molar refractivity (Wildman–Crippen MR) is 272 cm³/mol. The molecule has 0 atom stereocenters. The Hall–Kier alpha value is -6.83. The summed E-state index contributed by atoms with van der Waals surface area (Å²) in [5.74, 6) is 0.927. The zero-order valence-corrected chi connectivity index (χ0v) is 39.4. The van der Waals surface area contributed by atoms with Gasteiger partial charge in [-0.1, -0.05) is 28.7 Å². The van der Waals surface area contributed by atoms with Crippen molar-refractivity contribution in [2.45, 2.75) is 73.8 Å². The molecular weight excluding hydrogens is 947 g/mol. The second-order valence-corrected chi connectivity index (χ2v) is 19.2. The van der Waals surface area contributed by atoms with Crippen LogP contribution in [0.5, 0.6) is 0 Å². The van der Waals surface area contributed by atoms with Gasteiger partial charge in [0.05, 0.1) is 36.0 Å². The molecule has 0 bridgehead atoms. The summed E-state index contributed by atoms with van der Waals surface area (Å²) in [7, 11) is 3.36. The maximum absolute atomic E-state index is 14.0. The van der Waals surface area contributed by atoms with Crippen LogP contribution in [0.2, 0.25) is 0 Å². The average Bonchev–Trinajstić information content (AvgIpc) is 3.77. The summed E-state index contributed by atoms with van der Waals surface area (Å²) in [6.07, 6.45) is 9.80. The molecule has 4 N–H and O–H groups in total. The number of β-amino-alcohol motifs (C(OH)–C–C–N with tert-alkyl or cyclic N) is 2. The minimum atomic E-state index is -0.455. The zero-order valence-electron chi connectivity index (χ0n) is 37.9. The quantitative estimate of drug-likeness (QED) is 0.114. The Bertz CT molecular complexity index is 2990. The lowest BCUT2D eigenvalue weighted by molar-refractivity contribution is -0.142. The number of carbonyl (C=O) groups is 2. The van der Waals surface area contributed by atoms with Gasteiger partial charge in [-0.15, -0.1) is 0 Å². The second kappa shape index (κ2) is 20.0. The van der Waals surface area contributed by atoms with Gasteiger partial charge in [0.1, 0.15) is 41.1 Å². The van der Waals surface area contributed by atoms with Gasteiger partial charge in [-0.3, -0.25) is 24.1 Å². The van der Waals surface area contributed by atoms with Crippen LogP contribution in [0, 0.1) is 5.41 Å². The standard InChI is InChI=1S/C34H37N7O5.C14H15BrN4O2.2CH4/c1-20(42)46-19-26-25(7-8-35-31(26)41-10-9-40-28(33(41)45)12-21-13-34(2,3)14-29(21)40)22-11-27(32(44)38(4)16-22)37-30-6-5-23(15-36-30)39-17-24(43)18-39;1-18-6-9(15)4-12(14(18)21)17-13-3-2-10(5-16-13)19-7-11(20)8-19;;/h5-8,11-12,15-16,24,43H,9-10,13-14,17-19H2,1-4H3,(H,36,37);2-6,11,20H,7-8H2,1H3,(H,16,17);2*1H4. The van der Waals surface area contributed by atoms with E-state index >= 15 is 0 Å². The molecule has 19 heteroatoms. The van der Waals surface area contributed by atoms with E-state index in [4.69, 9.17) is 4.74 Å². The number of carbonyl (C=O) groups excluding carboxylic acids is 2. The van der Waals surface area contributed by atoms with E-state index < -0.39 is 5.97 Å². The number of aromatic nitrogens is 6. The lowest BCUT2D eigenvalue weighted by atomic mass is 9.90. The molecule has 9 heterocycles. The highest BCUT2D eigenvalue weighted by Crippen LogP contribution is 2.40. The Labute approximate surface area is 409 Å². The third kappa shape index (κ3) is 10.4. The summed E-state index contributed by atoms with van der Waals surface area (Å²) in [6, 6.07) is 14.7. The summed E-state index contributed by atoms with van der Waals surface area (Å²) in [5.41, 5.74) is 7.49. The smallest absolute Gasteiger partial charge is 0.302 e. The van der Waals surface area contributed by atoms with Gasteiger partial charge in [0.25, 0.3) is 17.0 Å². The first-order valence-corrected chi connectivity index (χ1v) is 22.8. The van der Waals surface area contributed by atoms with Crippen molar-refractivity contribution < 1.29 is 24.5 Å². The largest absolute Gasteiger partial charge is 0.461 e. The molecule has 3 aliphatic heterocycles. The molecule has 6 aromatic heterocycles. The van der Waals surface area contributed by atoms with Gasteiger partial charge >= 0.3 is 5.97 Å². The molecule has 0 spiro atoms. The van der Waals surface area contributed by atoms with Crippen LogP contribution in [-0.4, -0.2) is 95.7 Å². The molecule has 18 nitrogen and oxygen atoms in total. The van der Waals surface area contributed by atoms with Crippen LogP contribution in [0.25, 0.3) is 11.1 Å². The third-order valence-corrected chi connectivity index (χ3v) is 12.9. The number of nitrogens with zero attached hydrogens (tertiary/aromatic N) is 9. The fraction of sp³-hybridized carbons (Fsp3) is 0.380. The molecule has 0 aromatic carbocycles. The van der Waals surface area contributed by atoms with Gasteiger partial charge < -0.3 is 49.1 Å². The first-order valence-electron chi connectivity index (χ1n) is 22.0. The molecule has 10 rings (SSSR count). The Balaban J connectivity index is 0.000000257. The second-order valence-electron chi connectivity index (χ2n) is 18.3. The van der Waals surface area contributed by atoms with E-state index in [0.717, 1.165) is 28.7 Å². The van der Waals surface area contributed by atoms with Crippen molar-refractivity contribution >= 4 is 68.0 Å². The molecule has 364 valence electrons. The minimum absolute atomic E-state index is 0. The molecule has 0 saturated carbocycles. The summed E-state index contributed by atoms with van der Waals surface area (Å²) < 4.78 is 11.4. The van der Waals surface area contributed by atoms with Crippen LogP contribution >= 0.6 is 15.9 Å². The number of aryl methyl sites for hydroxylation is 2. The Kier molecular flexibility index (Phi) is 14.5. The van der Waals surface area contributed by atoms with Crippen LogP contribution in [0.1, 0.15) is 62.9 Å². The van der Waals surface area contributed by atoms with Crippen LogP contribution in [0.15, 0.2) is 93.6 Å². The number of nitrogens with one attached hydrogen (secondary N) is 2. The summed E-state index contributed by atoms with van der Waals surface area (Å²) in [4.78, 5) is 70.3. The van der Waals surface area contributed by atoms with Crippen LogP contribution in [0.3, 0.4) is 0 Å². The fourth-order valence-corrected chi connectivity index (χ4v) is 9.56. The van der Waals surface area contributed by atoms with Crippen LogP contribution in [-0.2, 0) is 49.6 Å². The molecule has 6 aromatic rings. The van der Waals surface area contributed by atoms with Crippen molar-refractivity contribution in [3.8, 4) is 11.1 Å². The van der Waals surface area contributed by atoms with E-state index in [1.807, 2.05) is 34.1 Å². The number of fused-ring (bicyclic) bond motifs is 3. The fourth-order valence-electron chi connectivity index (χ4n) is 9.02. The van der Waals surface area contributed by atoms with E-state index in [0.29, 0.717) is 90.5 Å². The highest BCUT2D eigenvalue weighted by atomic mass is 79.9. The summed E-state index contributed by atoms with van der Waals surface area (Å²) in [6.45, 7) is 9.23. The number of ether oxygens (including phenoxy) is 1. The maximum atomic E-state index is 14.0. The number of amides is 1. The van der Waals surface area contributed by atoms with Gasteiger partial charge in [-0.05, 0) is 93.8 Å². The first-order chi connectivity index (χ1) is 32.0. The van der Waals surface area contributed by atoms with Gasteiger partial charge in [-0.25, -0.2) is 15.0 Å². The van der Waals surface area contributed by atoms with Crippen molar-refractivity contribution in [3.05, 3.63) is 127 Å². The van der Waals surface area contributed by atoms with Gasteiger partial charge in [-0.2, -0.15) is 0 Å². The molecule has 69 heavy (non-hydrogen) atoms. The van der Waals surface area contributed by atoms with Gasteiger partial charge in [0.15, 0.2) is 0 Å². The maximum Gasteiger partial charge on any atom is 0.302 e. The number of halogens is 1. The lowest BCUT2D eigenvalue weighted by Crippen LogP contribution is -2.50. The molecule has 2 fully saturated rings. The first kappa shape index (κ1) is 50.1. The van der Waals surface area contributed by atoms with E-state index in [1.54, 1.807) is 74.2 Å². The van der Waals surface area contributed by atoms with Crippen LogP contribution in [0.4, 0.5) is 40.2 Å². The number of aliphatic hydroxyl groups excluding tert-OH is 2. The third-order valence-electron chi connectivity index (χ3n) is 12.5. The lowest BCUT2D eigenvalue weighted by Gasteiger charge is -2.37. The summed E-state index contributed by atoms with van der Waals surface area (Å²) >= 11 is 3.36. The Morgan fingerprint density at radius 1 is 0.797 bits per heavy atom. The predicted octanol–water partition coefficient (Wildman–Crippen LogP) is 6.16. The number of aliphatic hydroxyl groups is 2. The van der Waals surface area contributed by atoms with Crippen molar-refractivity contribution in [1.82, 2.24) is 28.7 Å². The normalized spacial score (nSPS) is 15.9. The van der Waals surface area contributed by atoms with Crippen molar-refractivity contribution in [1.29, 1.82) is 0 Å². The highest BCUT2D eigenvalue weighted by molar-refractivity contribution is 9.10. The number of anilines is 7. The molecule has 1 amide bonds. The number of esters is 1. The number of pyridine rings is 5. The average molecular weight is 1010 g/mol. The Morgan fingerprint density at radius 2 is 1.38 bits per heavy atom. The molecule has 4 aliphatic rings. The van der Waals surface area contributed by atoms with Crippen LogP contribution < -0.4 is 36.5 Å². The van der Waals surface area contributed by atoms with Crippen molar-refractivity contribution in [3.63, 3.8) is 0 Å². The Morgan fingerprint density at radius 3 is 1.93 bits per heavy atom. The van der Waals surface area contributed by atoms with Crippen molar-refractivity contribution in [2.24, 2.45) is 19.5 Å². The van der Waals surface area contributed by atoms with Crippen molar-refractivity contribution in [2.75, 3.05) is 58.1 Å². The summed E-state index contributed by atoms with van der Waals surface area (Å²) in [5, 5.41) is 25.1. The molecule has 1 aliphatic carbocycles. The zero-order chi connectivity index (χ0) is 47.3. The number of hydrogen-bond acceptors (Lipinski definition) is 14. The number of hydrogen-bond donors (Lipinski definition) is 4. The van der Waals surface area contributed by atoms with Gasteiger partial charge in [0.2, 0.25) is 0 Å². The van der Waals surface area contributed by atoms with E-state index in [-0.39, 0.29) is 56.1 Å². The SMILES string of the molecule is C.C.CC(=O)OCc1c(-c2cc(Nc3ccc(N4CC(O)C4)cn3)c(=O)n(C)c2)ccnc1N1CCn2c(cc3c2CC(C)(C)C3)C1=O.Cn1cc(Br)cc(Nc2ccc(N3CC(O)C3)cn2)c1=O. The molecular formula is C50H60BrN11O7. The topological polar surface area (TPSA) is 205 Å². The monoisotopic (exact) mass is 1010 g/mol.